The first kappa shape index (κ1) is 11.2. The molecule has 1 atom stereocenters. The van der Waals surface area contributed by atoms with E-state index in [9.17, 15) is 4.79 Å². The van der Waals surface area contributed by atoms with Crippen LogP contribution in [0.15, 0.2) is 24.3 Å². The van der Waals surface area contributed by atoms with Crippen molar-refractivity contribution in [2.75, 3.05) is 13.1 Å². The second-order valence-electron chi connectivity index (χ2n) is 4.71. The van der Waals surface area contributed by atoms with Gasteiger partial charge in [0.05, 0.1) is 0 Å². The van der Waals surface area contributed by atoms with Crippen LogP contribution in [0.3, 0.4) is 0 Å². The van der Waals surface area contributed by atoms with Crippen molar-refractivity contribution in [3.63, 3.8) is 0 Å². The average molecular weight is 217 g/mol. The Morgan fingerprint density at radius 3 is 2.62 bits per heavy atom. The number of nitrogens with zero attached hydrogens (tertiary/aromatic N) is 1. The highest BCUT2D eigenvalue weighted by molar-refractivity contribution is 5.73. The molecule has 86 valence electrons. The topological polar surface area (TPSA) is 20.3 Å². The van der Waals surface area contributed by atoms with Crippen LogP contribution < -0.4 is 0 Å². The second-order valence-corrected chi connectivity index (χ2v) is 4.71. The summed E-state index contributed by atoms with van der Waals surface area (Å²) in [5.41, 5.74) is 2.67. The number of carbonyl (C=O) groups excluding carboxylic acids is 1. The number of hydrogen-bond donors (Lipinski definition) is 0. The van der Waals surface area contributed by atoms with Gasteiger partial charge < -0.3 is 4.90 Å². The molecule has 0 aromatic heterocycles. The smallest absolute Gasteiger partial charge is 0.219 e. The Bertz CT molecular complexity index is 369. The number of amides is 1. The predicted molar refractivity (Wildman–Crippen MR) is 65.4 cm³/mol. The molecule has 0 bridgehead atoms. The average Bonchev–Trinajstić information content (AvgIpc) is 2.30. The highest BCUT2D eigenvalue weighted by Crippen LogP contribution is 2.26. The molecule has 1 fully saturated rings. The molecule has 1 saturated heterocycles. The van der Waals surface area contributed by atoms with Gasteiger partial charge in [-0.15, -0.1) is 0 Å². The van der Waals surface area contributed by atoms with Gasteiger partial charge in [0, 0.05) is 25.9 Å². The van der Waals surface area contributed by atoms with E-state index in [2.05, 4.69) is 31.2 Å². The Morgan fingerprint density at radius 2 is 2.00 bits per heavy atom. The van der Waals surface area contributed by atoms with E-state index in [1.807, 2.05) is 4.90 Å². The maximum Gasteiger partial charge on any atom is 0.219 e. The van der Waals surface area contributed by atoms with Gasteiger partial charge in [-0.05, 0) is 25.3 Å². The number of aryl methyl sites for hydroxylation is 1. The van der Waals surface area contributed by atoms with Crippen LogP contribution in [0.4, 0.5) is 0 Å². The minimum absolute atomic E-state index is 0.205. The van der Waals surface area contributed by atoms with Crippen LogP contribution in [-0.4, -0.2) is 23.9 Å². The van der Waals surface area contributed by atoms with Gasteiger partial charge in [-0.1, -0.05) is 29.8 Å². The normalized spacial score (nSPS) is 20.9. The summed E-state index contributed by atoms with van der Waals surface area (Å²) in [7, 11) is 0. The van der Waals surface area contributed by atoms with Crippen LogP contribution in [0.25, 0.3) is 0 Å². The molecule has 2 heteroatoms. The van der Waals surface area contributed by atoms with Gasteiger partial charge in [0.25, 0.3) is 0 Å². The Kier molecular flexibility index (Phi) is 3.28. The summed E-state index contributed by atoms with van der Waals surface area (Å²) in [5.74, 6) is 0.732. The van der Waals surface area contributed by atoms with E-state index < -0.39 is 0 Å². The summed E-state index contributed by atoms with van der Waals surface area (Å²) in [6.07, 6.45) is 2.32. The minimum Gasteiger partial charge on any atom is -0.342 e. The van der Waals surface area contributed by atoms with Crippen molar-refractivity contribution in [1.82, 2.24) is 4.90 Å². The number of likely N-dealkylation sites (tertiary alicyclic amines) is 1. The van der Waals surface area contributed by atoms with E-state index in [4.69, 9.17) is 0 Å². The van der Waals surface area contributed by atoms with Crippen LogP contribution >= 0.6 is 0 Å². The maximum atomic E-state index is 11.4. The van der Waals surface area contributed by atoms with Crippen LogP contribution in [0.5, 0.6) is 0 Å². The third-order valence-corrected chi connectivity index (χ3v) is 3.42. The first-order chi connectivity index (χ1) is 7.66. The SMILES string of the molecule is CC(=O)N1CCCC(c2ccc(C)cc2)C1. The van der Waals surface area contributed by atoms with Crippen molar-refractivity contribution in [3.05, 3.63) is 35.4 Å². The van der Waals surface area contributed by atoms with Crippen molar-refractivity contribution in [2.45, 2.75) is 32.6 Å². The second kappa shape index (κ2) is 4.69. The number of rotatable bonds is 1. The molecule has 0 spiro atoms. The van der Waals surface area contributed by atoms with Gasteiger partial charge in [0.1, 0.15) is 0 Å². The molecular formula is C14H19NO. The van der Waals surface area contributed by atoms with Gasteiger partial charge in [-0.25, -0.2) is 0 Å². The summed E-state index contributed by atoms with van der Waals surface area (Å²) < 4.78 is 0. The number of hydrogen-bond acceptors (Lipinski definition) is 1. The molecule has 2 rings (SSSR count). The van der Waals surface area contributed by atoms with Gasteiger partial charge in [0.15, 0.2) is 0 Å². The van der Waals surface area contributed by atoms with Gasteiger partial charge in [0.2, 0.25) is 5.91 Å². The third-order valence-electron chi connectivity index (χ3n) is 3.42. The summed E-state index contributed by atoms with van der Waals surface area (Å²) in [6, 6.07) is 8.71. The highest BCUT2D eigenvalue weighted by atomic mass is 16.2. The van der Waals surface area contributed by atoms with Crippen LogP contribution in [-0.2, 0) is 4.79 Å². The van der Waals surface area contributed by atoms with Gasteiger partial charge in [-0.3, -0.25) is 4.79 Å². The molecule has 0 aliphatic carbocycles. The third kappa shape index (κ3) is 2.43. The summed E-state index contributed by atoms with van der Waals surface area (Å²) in [4.78, 5) is 13.3. The first-order valence-electron chi connectivity index (χ1n) is 5.99. The molecule has 1 aliphatic rings. The Morgan fingerprint density at radius 1 is 1.31 bits per heavy atom. The highest BCUT2D eigenvalue weighted by Gasteiger charge is 2.22. The van der Waals surface area contributed by atoms with E-state index in [1.165, 1.54) is 17.5 Å². The Labute approximate surface area is 97.3 Å². The zero-order chi connectivity index (χ0) is 11.5. The zero-order valence-corrected chi connectivity index (χ0v) is 10.1. The van der Waals surface area contributed by atoms with E-state index in [-0.39, 0.29) is 5.91 Å². The van der Waals surface area contributed by atoms with Gasteiger partial charge >= 0.3 is 0 Å². The van der Waals surface area contributed by atoms with Crippen LogP contribution in [0.1, 0.15) is 36.8 Å². The summed E-state index contributed by atoms with van der Waals surface area (Å²) in [6.45, 7) is 5.58. The molecule has 1 aromatic rings. The number of benzene rings is 1. The fourth-order valence-electron chi connectivity index (χ4n) is 2.37. The zero-order valence-electron chi connectivity index (χ0n) is 10.1. The molecule has 0 saturated carbocycles. The number of piperidine rings is 1. The van der Waals surface area contributed by atoms with Crippen molar-refractivity contribution < 1.29 is 4.79 Å². The molecule has 1 aromatic carbocycles. The van der Waals surface area contributed by atoms with E-state index in [0.29, 0.717) is 5.92 Å². The summed E-state index contributed by atoms with van der Waals surface area (Å²) in [5, 5.41) is 0. The minimum atomic E-state index is 0.205. The molecule has 0 radical (unpaired) electrons. The standard InChI is InChI=1S/C14H19NO/c1-11-5-7-13(8-6-11)14-4-3-9-15(10-14)12(2)16/h5-8,14H,3-4,9-10H2,1-2H3. The molecule has 16 heavy (non-hydrogen) atoms. The van der Waals surface area contributed by atoms with Gasteiger partial charge in [-0.2, -0.15) is 0 Å². The molecule has 1 amide bonds. The lowest BCUT2D eigenvalue weighted by Gasteiger charge is -2.32. The largest absolute Gasteiger partial charge is 0.342 e. The fraction of sp³-hybridized carbons (Fsp3) is 0.500. The van der Waals surface area contributed by atoms with E-state index in [1.54, 1.807) is 6.92 Å². The molecule has 1 unspecified atom stereocenters. The lowest BCUT2D eigenvalue weighted by atomic mass is 9.90. The Hall–Kier alpha value is -1.31. The molecule has 2 nitrogen and oxygen atoms in total. The molecule has 1 aliphatic heterocycles. The van der Waals surface area contributed by atoms with E-state index >= 15 is 0 Å². The van der Waals surface area contributed by atoms with Crippen molar-refractivity contribution in [3.8, 4) is 0 Å². The monoisotopic (exact) mass is 217 g/mol. The van der Waals surface area contributed by atoms with Crippen LogP contribution in [0, 0.1) is 6.92 Å². The predicted octanol–water partition coefficient (Wildman–Crippen LogP) is 2.72. The van der Waals surface area contributed by atoms with Crippen LogP contribution in [0.2, 0.25) is 0 Å². The Balaban J connectivity index is 2.09. The quantitative estimate of drug-likeness (QED) is 0.708. The number of carbonyl (C=O) groups is 1. The lowest BCUT2D eigenvalue weighted by Crippen LogP contribution is -2.37. The van der Waals surface area contributed by atoms with Crippen molar-refractivity contribution in [2.24, 2.45) is 0 Å². The first-order valence-corrected chi connectivity index (χ1v) is 5.99. The fourth-order valence-corrected chi connectivity index (χ4v) is 2.37. The summed E-state index contributed by atoms with van der Waals surface area (Å²) >= 11 is 0. The molecular weight excluding hydrogens is 198 g/mol. The molecule has 0 N–H and O–H groups in total. The maximum absolute atomic E-state index is 11.4. The lowest BCUT2D eigenvalue weighted by molar-refractivity contribution is -0.130. The molecule has 1 heterocycles. The van der Waals surface area contributed by atoms with Crippen molar-refractivity contribution in [1.29, 1.82) is 0 Å². The van der Waals surface area contributed by atoms with E-state index in [0.717, 1.165) is 19.5 Å². The van der Waals surface area contributed by atoms with Crippen molar-refractivity contribution >= 4 is 5.91 Å².